The SMILES string of the molecule is CN1CCN(c2cc(N3CCN(S(=O)(=O)c4cccc5cccnc45)CC3)ncn2)CC1. The molecule has 2 fully saturated rings. The van der Waals surface area contributed by atoms with Crippen LogP contribution in [0.3, 0.4) is 0 Å². The first kappa shape index (κ1) is 21.0. The van der Waals surface area contributed by atoms with Crippen LogP contribution in [-0.4, -0.2) is 92.0 Å². The van der Waals surface area contributed by atoms with Gasteiger partial charge >= 0.3 is 0 Å². The molecule has 0 unspecified atom stereocenters. The summed E-state index contributed by atoms with van der Waals surface area (Å²) in [5.41, 5.74) is 0.519. The Morgan fingerprint density at radius 2 is 1.41 bits per heavy atom. The highest BCUT2D eigenvalue weighted by atomic mass is 32.2. The fourth-order valence-corrected chi connectivity index (χ4v) is 5.89. The van der Waals surface area contributed by atoms with Crippen molar-refractivity contribution in [2.24, 2.45) is 0 Å². The second-order valence-corrected chi connectivity index (χ2v) is 10.2. The first-order valence-corrected chi connectivity index (χ1v) is 12.3. The number of para-hydroxylation sites is 1. The Bertz CT molecular complexity index is 1200. The number of hydrogen-bond donors (Lipinski definition) is 0. The molecule has 0 aliphatic carbocycles. The summed E-state index contributed by atoms with van der Waals surface area (Å²) < 4.78 is 28.3. The number of sulfonamides is 1. The van der Waals surface area contributed by atoms with E-state index in [-0.39, 0.29) is 4.90 Å². The summed E-state index contributed by atoms with van der Waals surface area (Å²) in [6.45, 7) is 5.87. The number of pyridine rings is 1. The molecule has 9 nitrogen and oxygen atoms in total. The predicted molar refractivity (Wildman–Crippen MR) is 124 cm³/mol. The number of piperazine rings is 2. The van der Waals surface area contributed by atoms with Gasteiger partial charge in [-0.25, -0.2) is 18.4 Å². The zero-order valence-electron chi connectivity index (χ0n) is 18.1. The Morgan fingerprint density at radius 1 is 0.781 bits per heavy atom. The molecule has 2 aliphatic rings. The van der Waals surface area contributed by atoms with Crippen molar-refractivity contribution >= 4 is 32.6 Å². The molecule has 2 aromatic heterocycles. The number of benzene rings is 1. The van der Waals surface area contributed by atoms with Crippen molar-refractivity contribution in [3.63, 3.8) is 0 Å². The van der Waals surface area contributed by atoms with Gasteiger partial charge in [0.25, 0.3) is 0 Å². The van der Waals surface area contributed by atoms with Gasteiger partial charge in [0.1, 0.15) is 22.9 Å². The van der Waals surface area contributed by atoms with Crippen LogP contribution >= 0.6 is 0 Å². The van der Waals surface area contributed by atoms with E-state index in [1.807, 2.05) is 24.3 Å². The lowest BCUT2D eigenvalue weighted by molar-refractivity contribution is 0.312. The maximum atomic E-state index is 13.4. The number of likely N-dealkylation sites (N-methyl/N-ethyl adjacent to an activating group) is 1. The second-order valence-electron chi connectivity index (χ2n) is 8.25. The van der Waals surface area contributed by atoms with Crippen LogP contribution < -0.4 is 9.80 Å². The summed E-state index contributed by atoms with van der Waals surface area (Å²) in [6, 6.07) is 11.0. The van der Waals surface area contributed by atoms with E-state index in [0.717, 1.165) is 43.2 Å². The maximum absolute atomic E-state index is 13.4. The fraction of sp³-hybridized carbons (Fsp3) is 0.409. The summed E-state index contributed by atoms with van der Waals surface area (Å²) >= 11 is 0. The molecule has 0 N–H and O–H groups in total. The van der Waals surface area contributed by atoms with E-state index in [9.17, 15) is 8.42 Å². The van der Waals surface area contributed by atoms with Gasteiger partial charge in [0.05, 0.1) is 5.52 Å². The van der Waals surface area contributed by atoms with E-state index >= 15 is 0 Å². The summed E-state index contributed by atoms with van der Waals surface area (Å²) in [5.74, 6) is 1.78. The number of anilines is 2. The lowest BCUT2D eigenvalue weighted by Gasteiger charge is -2.36. The Hall–Kier alpha value is -2.82. The lowest BCUT2D eigenvalue weighted by Crippen LogP contribution is -2.49. The van der Waals surface area contributed by atoms with Crippen LogP contribution in [0.4, 0.5) is 11.6 Å². The second kappa shape index (κ2) is 8.61. The van der Waals surface area contributed by atoms with Gasteiger partial charge in [-0.15, -0.1) is 0 Å². The van der Waals surface area contributed by atoms with E-state index < -0.39 is 10.0 Å². The van der Waals surface area contributed by atoms with Crippen molar-refractivity contribution in [3.05, 3.63) is 48.9 Å². The topological polar surface area (TPSA) is 85.8 Å². The average molecular weight is 454 g/mol. The smallest absolute Gasteiger partial charge is 0.245 e. The first-order valence-electron chi connectivity index (χ1n) is 10.9. The van der Waals surface area contributed by atoms with Gasteiger partial charge in [-0.05, 0) is 19.2 Å². The minimum Gasteiger partial charge on any atom is -0.354 e. The van der Waals surface area contributed by atoms with Gasteiger partial charge in [-0.3, -0.25) is 4.98 Å². The number of fused-ring (bicyclic) bond motifs is 1. The Balaban J connectivity index is 1.30. The van der Waals surface area contributed by atoms with Crippen molar-refractivity contribution in [1.29, 1.82) is 0 Å². The van der Waals surface area contributed by atoms with Crippen LogP contribution in [-0.2, 0) is 10.0 Å². The Labute approximate surface area is 188 Å². The van der Waals surface area contributed by atoms with Crippen LogP contribution in [0.2, 0.25) is 0 Å². The quantitative estimate of drug-likeness (QED) is 0.584. The van der Waals surface area contributed by atoms with Crippen LogP contribution in [0.25, 0.3) is 10.9 Å². The Kier molecular flexibility index (Phi) is 5.66. The molecule has 4 heterocycles. The average Bonchev–Trinajstić information content (AvgIpc) is 2.84. The van der Waals surface area contributed by atoms with Crippen LogP contribution in [0, 0.1) is 0 Å². The lowest BCUT2D eigenvalue weighted by atomic mass is 10.2. The van der Waals surface area contributed by atoms with E-state index in [4.69, 9.17) is 0 Å². The maximum Gasteiger partial charge on any atom is 0.245 e. The fourth-order valence-electron chi connectivity index (χ4n) is 4.30. The third kappa shape index (κ3) is 4.01. The molecule has 0 radical (unpaired) electrons. The van der Waals surface area contributed by atoms with Gasteiger partial charge in [0.2, 0.25) is 10.0 Å². The van der Waals surface area contributed by atoms with Crippen molar-refractivity contribution in [2.45, 2.75) is 4.90 Å². The van der Waals surface area contributed by atoms with Crippen molar-refractivity contribution < 1.29 is 8.42 Å². The van der Waals surface area contributed by atoms with E-state index in [1.165, 1.54) is 0 Å². The van der Waals surface area contributed by atoms with Crippen molar-refractivity contribution in [1.82, 2.24) is 24.2 Å². The molecule has 0 saturated carbocycles. The number of hydrogen-bond acceptors (Lipinski definition) is 8. The molecule has 1 aromatic carbocycles. The third-order valence-electron chi connectivity index (χ3n) is 6.24. The van der Waals surface area contributed by atoms with Gasteiger partial charge in [0, 0.05) is 70.0 Å². The highest BCUT2D eigenvalue weighted by molar-refractivity contribution is 7.89. The molecule has 0 atom stereocenters. The molecular formula is C22H27N7O2S. The molecule has 5 rings (SSSR count). The first-order chi connectivity index (χ1) is 15.5. The number of nitrogens with zero attached hydrogens (tertiary/aromatic N) is 7. The molecule has 0 spiro atoms. The van der Waals surface area contributed by atoms with Gasteiger partial charge in [-0.2, -0.15) is 4.31 Å². The van der Waals surface area contributed by atoms with Gasteiger partial charge in [-0.1, -0.05) is 18.2 Å². The number of aromatic nitrogens is 3. The van der Waals surface area contributed by atoms with Crippen LogP contribution in [0.15, 0.2) is 53.8 Å². The van der Waals surface area contributed by atoms with E-state index in [1.54, 1.807) is 29.0 Å². The predicted octanol–water partition coefficient (Wildman–Crippen LogP) is 1.29. The molecular weight excluding hydrogens is 426 g/mol. The van der Waals surface area contributed by atoms with Crippen LogP contribution in [0.5, 0.6) is 0 Å². The largest absolute Gasteiger partial charge is 0.354 e. The molecule has 2 aliphatic heterocycles. The summed E-state index contributed by atoms with van der Waals surface area (Å²) in [5, 5.41) is 0.824. The van der Waals surface area contributed by atoms with Crippen molar-refractivity contribution in [3.8, 4) is 0 Å². The highest BCUT2D eigenvalue weighted by Gasteiger charge is 2.30. The zero-order valence-corrected chi connectivity index (χ0v) is 18.9. The highest BCUT2D eigenvalue weighted by Crippen LogP contribution is 2.26. The Morgan fingerprint density at radius 3 is 2.09 bits per heavy atom. The normalized spacial score (nSPS) is 18.9. The third-order valence-corrected chi connectivity index (χ3v) is 8.17. The summed E-state index contributed by atoms with van der Waals surface area (Å²) in [6.07, 6.45) is 3.24. The molecule has 2 saturated heterocycles. The monoisotopic (exact) mass is 453 g/mol. The van der Waals surface area contributed by atoms with Gasteiger partial charge in [0.15, 0.2) is 0 Å². The zero-order chi connectivity index (χ0) is 22.1. The number of rotatable bonds is 4. The minimum absolute atomic E-state index is 0.267. The molecule has 0 amide bonds. The molecule has 10 heteroatoms. The van der Waals surface area contributed by atoms with Gasteiger partial charge < -0.3 is 14.7 Å². The summed E-state index contributed by atoms with van der Waals surface area (Å²) in [7, 11) is -1.50. The van der Waals surface area contributed by atoms with E-state index in [2.05, 4.69) is 36.7 Å². The molecule has 32 heavy (non-hydrogen) atoms. The standard InChI is InChI=1S/C22H27N7O2S/c1-26-8-10-27(11-9-26)20-16-21(25-17-24-20)28-12-14-29(15-13-28)32(30,31)19-6-2-4-18-5-3-7-23-22(18)19/h2-7,16-17H,8-15H2,1H3. The molecule has 168 valence electrons. The molecule has 3 aromatic rings. The molecule has 0 bridgehead atoms. The minimum atomic E-state index is -3.63. The van der Waals surface area contributed by atoms with Crippen LogP contribution in [0.1, 0.15) is 0 Å². The van der Waals surface area contributed by atoms with E-state index in [0.29, 0.717) is 31.7 Å². The van der Waals surface area contributed by atoms with Crippen molar-refractivity contribution in [2.75, 3.05) is 69.2 Å². The summed E-state index contributed by atoms with van der Waals surface area (Å²) in [4.78, 5) is 20.2.